The van der Waals surface area contributed by atoms with E-state index in [0.29, 0.717) is 11.5 Å². The maximum atomic E-state index is 5.71. The summed E-state index contributed by atoms with van der Waals surface area (Å²) in [5, 5.41) is 11.3. The Hall–Kier alpha value is -1.47. The predicted octanol–water partition coefficient (Wildman–Crippen LogP) is 2.31. The number of aryl methyl sites for hydroxylation is 1. The molecule has 1 heterocycles. The van der Waals surface area contributed by atoms with E-state index in [2.05, 4.69) is 31.4 Å². The van der Waals surface area contributed by atoms with Crippen molar-refractivity contribution in [3.05, 3.63) is 40.4 Å². The molecule has 0 spiro atoms. The van der Waals surface area contributed by atoms with E-state index < -0.39 is 0 Å². The highest BCUT2D eigenvalue weighted by molar-refractivity contribution is 9.10. The summed E-state index contributed by atoms with van der Waals surface area (Å²) in [6, 6.07) is 5.74. The molecule has 0 unspecified atom stereocenters. The Morgan fingerprint density at radius 1 is 1.53 bits per heavy atom. The van der Waals surface area contributed by atoms with Gasteiger partial charge in [-0.05, 0) is 25.1 Å². The van der Waals surface area contributed by atoms with Crippen molar-refractivity contribution in [1.82, 2.24) is 14.8 Å². The summed E-state index contributed by atoms with van der Waals surface area (Å²) in [6.07, 6.45) is 1.71. The first-order valence-electron chi connectivity index (χ1n) is 5.81. The lowest BCUT2D eigenvalue weighted by Crippen LogP contribution is -2.14. The quantitative estimate of drug-likeness (QED) is 0.818. The van der Waals surface area contributed by atoms with E-state index in [-0.39, 0.29) is 0 Å². The monoisotopic (exact) mass is 339 g/mol. The fourth-order valence-corrected chi connectivity index (χ4v) is 2.27. The molecule has 0 saturated carbocycles. The van der Waals surface area contributed by atoms with Gasteiger partial charge in [-0.15, -0.1) is 10.2 Å². The summed E-state index contributed by atoms with van der Waals surface area (Å²) in [6.45, 7) is 3.46. The van der Waals surface area contributed by atoms with Crippen LogP contribution in [0.1, 0.15) is 18.3 Å². The van der Waals surface area contributed by atoms with Gasteiger partial charge >= 0.3 is 0 Å². The van der Waals surface area contributed by atoms with Crippen LogP contribution in [0.5, 0.6) is 0 Å². The molecule has 0 aliphatic carbocycles. The van der Waals surface area contributed by atoms with Crippen LogP contribution in [0.15, 0.2) is 29.0 Å². The van der Waals surface area contributed by atoms with Gasteiger partial charge in [0.2, 0.25) is 0 Å². The first kappa shape index (κ1) is 14.0. The van der Waals surface area contributed by atoms with Crippen molar-refractivity contribution < 1.29 is 0 Å². The second-order valence-corrected chi connectivity index (χ2v) is 5.30. The lowest BCUT2D eigenvalue weighted by Gasteiger charge is -2.11. The summed E-state index contributed by atoms with van der Waals surface area (Å²) in [7, 11) is 0. The van der Waals surface area contributed by atoms with Crippen molar-refractivity contribution in [2.75, 3.05) is 5.32 Å². The number of nitrogens with one attached hydrogen (secondary N) is 1. The predicted molar refractivity (Wildman–Crippen MR) is 83.1 cm³/mol. The number of hydrogen-bond acceptors (Lipinski definition) is 4. The van der Waals surface area contributed by atoms with Crippen LogP contribution in [-0.2, 0) is 13.1 Å². The molecule has 3 N–H and O–H groups in total. The van der Waals surface area contributed by atoms with E-state index in [1.807, 2.05) is 29.7 Å². The fourth-order valence-electron chi connectivity index (χ4n) is 1.73. The van der Waals surface area contributed by atoms with Crippen LogP contribution >= 0.6 is 28.1 Å². The molecule has 0 radical (unpaired) electrons. The molecule has 100 valence electrons. The van der Waals surface area contributed by atoms with Crippen molar-refractivity contribution in [2.24, 2.45) is 5.73 Å². The molecule has 19 heavy (non-hydrogen) atoms. The molecule has 2 rings (SSSR count). The number of nitrogens with zero attached hydrogens (tertiary/aromatic N) is 3. The standard InChI is InChI=1S/C12H14BrN5S/c1-2-18-7-16-17-11(18)6-15-10-5-8(13)3-4-9(10)12(14)19/h3-5,7,15H,2,6H2,1H3,(H2,14,19). The third-order valence-electron chi connectivity index (χ3n) is 2.72. The smallest absolute Gasteiger partial charge is 0.152 e. The lowest BCUT2D eigenvalue weighted by molar-refractivity contribution is 0.708. The van der Waals surface area contributed by atoms with Crippen LogP contribution in [0.25, 0.3) is 0 Å². The second kappa shape index (κ2) is 6.12. The van der Waals surface area contributed by atoms with Gasteiger partial charge in [-0.25, -0.2) is 0 Å². The van der Waals surface area contributed by atoms with E-state index >= 15 is 0 Å². The molecule has 0 aliphatic rings. The topological polar surface area (TPSA) is 68.8 Å². The molecule has 0 amide bonds. The summed E-state index contributed by atoms with van der Waals surface area (Å²) in [4.78, 5) is 0.368. The van der Waals surface area contributed by atoms with Crippen LogP contribution in [0.2, 0.25) is 0 Å². The molecule has 5 nitrogen and oxygen atoms in total. The molecule has 1 aromatic heterocycles. The van der Waals surface area contributed by atoms with Gasteiger partial charge in [0.15, 0.2) is 5.82 Å². The fraction of sp³-hybridized carbons (Fsp3) is 0.250. The minimum absolute atomic E-state index is 0.368. The SMILES string of the molecule is CCn1cnnc1CNc1cc(Br)ccc1C(N)=S. The van der Waals surface area contributed by atoms with E-state index in [1.165, 1.54) is 0 Å². The molecule has 0 saturated heterocycles. The van der Waals surface area contributed by atoms with E-state index in [9.17, 15) is 0 Å². The van der Waals surface area contributed by atoms with Gasteiger partial charge in [-0.3, -0.25) is 0 Å². The Balaban J connectivity index is 2.19. The highest BCUT2D eigenvalue weighted by atomic mass is 79.9. The number of aromatic nitrogens is 3. The Morgan fingerprint density at radius 3 is 3.00 bits per heavy atom. The van der Waals surface area contributed by atoms with Crippen LogP contribution in [0.3, 0.4) is 0 Å². The first-order valence-corrected chi connectivity index (χ1v) is 7.02. The molecular formula is C12H14BrN5S. The first-order chi connectivity index (χ1) is 9.11. The number of hydrogen-bond donors (Lipinski definition) is 2. The summed E-state index contributed by atoms with van der Waals surface area (Å²) < 4.78 is 2.94. The number of rotatable bonds is 5. The van der Waals surface area contributed by atoms with Gasteiger partial charge in [-0.1, -0.05) is 28.1 Å². The molecule has 0 fully saturated rings. The zero-order valence-corrected chi connectivity index (χ0v) is 12.8. The van der Waals surface area contributed by atoms with Crippen molar-refractivity contribution in [2.45, 2.75) is 20.0 Å². The average Bonchev–Trinajstić information content (AvgIpc) is 2.83. The second-order valence-electron chi connectivity index (χ2n) is 3.94. The van der Waals surface area contributed by atoms with E-state index in [0.717, 1.165) is 28.1 Å². The molecule has 1 aromatic carbocycles. The number of nitrogens with two attached hydrogens (primary N) is 1. The van der Waals surface area contributed by atoms with Gasteiger partial charge in [0.25, 0.3) is 0 Å². The zero-order chi connectivity index (χ0) is 13.8. The molecule has 2 aromatic rings. The van der Waals surface area contributed by atoms with Crippen molar-refractivity contribution >= 4 is 38.8 Å². The molecule has 0 aliphatic heterocycles. The molecule has 0 bridgehead atoms. The molecule has 0 atom stereocenters. The maximum Gasteiger partial charge on any atom is 0.152 e. The van der Waals surface area contributed by atoms with E-state index in [4.69, 9.17) is 18.0 Å². The van der Waals surface area contributed by atoms with Crippen LogP contribution in [0.4, 0.5) is 5.69 Å². The third kappa shape index (κ3) is 3.30. The minimum atomic E-state index is 0.368. The van der Waals surface area contributed by atoms with Gasteiger partial charge in [0.1, 0.15) is 11.3 Å². The van der Waals surface area contributed by atoms with Gasteiger partial charge in [-0.2, -0.15) is 0 Å². The summed E-state index contributed by atoms with van der Waals surface area (Å²) >= 11 is 8.48. The van der Waals surface area contributed by atoms with Crippen molar-refractivity contribution in [3.63, 3.8) is 0 Å². The van der Waals surface area contributed by atoms with E-state index in [1.54, 1.807) is 6.33 Å². The number of halogens is 1. The molecule has 7 heteroatoms. The lowest BCUT2D eigenvalue weighted by atomic mass is 10.2. The van der Waals surface area contributed by atoms with Gasteiger partial charge in [0, 0.05) is 22.3 Å². The molecular weight excluding hydrogens is 326 g/mol. The Bertz CT molecular complexity index is 596. The van der Waals surface area contributed by atoms with Crippen molar-refractivity contribution in [1.29, 1.82) is 0 Å². The minimum Gasteiger partial charge on any atom is -0.389 e. The largest absolute Gasteiger partial charge is 0.389 e. The van der Waals surface area contributed by atoms with Crippen LogP contribution < -0.4 is 11.1 Å². The van der Waals surface area contributed by atoms with Gasteiger partial charge in [0.05, 0.1) is 6.54 Å². The Labute approximate surface area is 125 Å². The normalized spacial score (nSPS) is 10.4. The maximum absolute atomic E-state index is 5.71. The Kier molecular flexibility index (Phi) is 4.49. The Morgan fingerprint density at radius 2 is 2.32 bits per heavy atom. The van der Waals surface area contributed by atoms with Crippen LogP contribution in [-0.4, -0.2) is 19.8 Å². The number of thiocarbonyl (C=S) groups is 1. The summed E-state index contributed by atoms with van der Waals surface area (Å²) in [5.41, 5.74) is 7.41. The number of anilines is 1. The van der Waals surface area contributed by atoms with Crippen molar-refractivity contribution in [3.8, 4) is 0 Å². The highest BCUT2D eigenvalue weighted by Gasteiger charge is 2.08. The highest BCUT2D eigenvalue weighted by Crippen LogP contribution is 2.22. The van der Waals surface area contributed by atoms with Crippen LogP contribution in [0, 0.1) is 0 Å². The average molecular weight is 340 g/mol. The zero-order valence-electron chi connectivity index (χ0n) is 10.4. The number of benzene rings is 1. The van der Waals surface area contributed by atoms with Gasteiger partial charge < -0.3 is 15.6 Å². The third-order valence-corrected chi connectivity index (χ3v) is 3.43. The summed E-state index contributed by atoms with van der Waals surface area (Å²) in [5.74, 6) is 0.872.